The lowest BCUT2D eigenvalue weighted by Crippen LogP contribution is -1.68. The number of allylic oxidation sites excluding steroid dienone is 1. The molecule has 0 rings (SSSR count). The van der Waals surface area contributed by atoms with Crippen molar-refractivity contribution in [3.63, 3.8) is 0 Å². The second-order valence-corrected chi connectivity index (χ2v) is 1.46. The zero-order valence-electron chi connectivity index (χ0n) is 4.62. The standard InChI is InChI=1S/C6H12/c1-4-6(3)5-2/h3-5H2,1-2H3. The summed E-state index contributed by atoms with van der Waals surface area (Å²) in [4.78, 5) is 0. The van der Waals surface area contributed by atoms with E-state index in [0.29, 0.717) is 0 Å². The van der Waals surface area contributed by atoms with Gasteiger partial charge in [-0.25, -0.2) is 0 Å². The van der Waals surface area contributed by atoms with Crippen LogP contribution in [-0.2, 0) is 0 Å². The van der Waals surface area contributed by atoms with Gasteiger partial charge in [0.15, 0.2) is 0 Å². The molecule has 0 saturated carbocycles. The Balaban J connectivity index is 2.99. The van der Waals surface area contributed by atoms with E-state index in [-0.39, 0.29) is 0 Å². The van der Waals surface area contributed by atoms with E-state index < -0.39 is 0 Å². The normalized spacial score (nSPS) is 8.33. The third kappa shape index (κ3) is 2.01. The zero-order valence-corrected chi connectivity index (χ0v) is 4.62. The Morgan fingerprint density at radius 3 is 1.67 bits per heavy atom. The van der Waals surface area contributed by atoms with E-state index >= 15 is 0 Å². The Morgan fingerprint density at radius 1 is 1.33 bits per heavy atom. The first kappa shape index (κ1) is 5.74. The Bertz CT molecular complexity index is 38.0. The van der Waals surface area contributed by atoms with Crippen molar-refractivity contribution in [2.24, 2.45) is 0 Å². The van der Waals surface area contributed by atoms with Gasteiger partial charge in [0.05, 0.1) is 0 Å². The summed E-state index contributed by atoms with van der Waals surface area (Å²) < 4.78 is 0. The topological polar surface area (TPSA) is 0 Å². The Kier molecular flexibility index (Phi) is 2.82. The van der Waals surface area contributed by atoms with Crippen LogP contribution >= 0.6 is 0 Å². The van der Waals surface area contributed by atoms with Gasteiger partial charge in [-0.3, -0.25) is 0 Å². The third-order valence-electron chi connectivity index (χ3n) is 1.000. The summed E-state index contributed by atoms with van der Waals surface area (Å²) in [5.41, 5.74) is 1.34. The Morgan fingerprint density at radius 2 is 1.67 bits per heavy atom. The number of rotatable bonds is 2. The minimum Gasteiger partial charge on any atom is -0.0999 e. The van der Waals surface area contributed by atoms with Crippen molar-refractivity contribution in [1.29, 1.82) is 0 Å². The molecule has 0 spiro atoms. The Hall–Kier alpha value is -0.260. The molecule has 0 nitrogen and oxygen atoms in total. The van der Waals surface area contributed by atoms with Gasteiger partial charge in [0.25, 0.3) is 0 Å². The van der Waals surface area contributed by atoms with Crippen LogP contribution in [0, 0.1) is 0 Å². The first-order valence-corrected chi connectivity index (χ1v) is 2.47. The SMILES string of the molecule is C=C(CC)CC. The van der Waals surface area contributed by atoms with Crippen molar-refractivity contribution < 1.29 is 0 Å². The quantitative estimate of drug-likeness (QED) is 0.450. The van der Waals surface area contributed by atoms with Crippen LogP contribution in [0.3, 0.4) is 0 Å². The predicted octanol–water partition coefficient (Wildman–Crippen LogP) is 2.36. The fourth-order valence-corrected chi connectivity index (χ4v) is 0.250. The predicted molar refractivity (Wildman–Crippen MR) is 29.7 cm³/mol. The summed E-state index contributed by atoms with van der Waals surface area (Å²) in [6.07, 6.45) is 2.27. The monoisotopic (exact) mass is 84.1 g/mol. The lowest BCUT2D eigenvalue weighted by molar-refractivity contribution is 0.986. The van der Waals surface area contributed by atoms with Gasteiger partial charge in [0.1, 0.15) is 0 Å². The molecule has 36 valence electrons. The molecule has 0 atom stereocenters. The van der Waals surface area contributed by atoms with Crippen LogP contribution < -0.4 is 0 Å². The Labute approximate surface area is 39.9 Å². The van der Waals surface area contributed by atoms with Gasteiger partial charge in [-0.05, 0) is 12.8 Å². The van der Waals surface area contributed by atoms with Crippen LogP contribution in [0.5, 0.6) is 0 Å². The first-order valence-electron chi connectivity index (χ1n) is 2.47. The van der Waals surface area contributed by atoms with Gasteiger partial charge in [-0.15, -0.1) is 0 Å². The van der Waals surface area contributed by atoms with E-state index in [9.17, 15) is 0 Å². The molecule has 0 aromatic carbocycles. The minimum atomic E-state index is 1.14. The van der Waals surface area contributed by atoms with Crippen molar-refractivity contribution in [2.75, 3.05) is 0 Å². The average molecular weight is 84.2 g/mol. The van der Waals surface area contributed by atoms with Crippen LogP contribution in [0.4, 0.5) is 0 Å². The van der Waals surface area contributed by atoms with Gasteiger partial charge in [-0.1, -0.05) is 26.0 Å². The van der Waals surface area contributed by atoms with Crippen LogP contribution in [0.1, 0.15) is 26.7 Å². The van der Waals surface area contributed by atoms with E-state index in [4.69, 9.17) is 0 Å². The number of hydrogen-bond acceptors (Lipinski definition) is 0. The molecule has 0 fully saturated rings. The van der Waals surface area contributed by atoms with Gasteiger partial charge in [-0.2, -0.15) is 0 Å². The molecule has 0 aromatic heterocycles. The summed E-state index contributed by atoms with van der Waals surface area (Å²) in [5.74, 6) is 0. The fraction of sp³-hybridized carbons (Fsp3) is 0.667. The molecule has 0 unspecified atom stereocenters. The molecule has 0 heteroatoms. The highest BCUT2D eigenvalue weighted by Crippen LogP contribution is 1.98. The summed E-state index contributed by atoms with van der Waals surface area (Å²) in [7, 11) is 0. The maximum Gasteiger partial charge on any atom is -0.0352 e. The molecule has 6 heavy (non-hydrogen) atoms. The summed E-state index contributed by atoms with van der Waals surface area (Å²) in [5, 5.41) is 0. The molecule has 0 heterocycles. The largest absolute Gasteiger partial charge is 0.0999 e. The van der Waals surface area contributed by atoms with Gasteiger partial charge in [0, 0.05) is 0 Å². The summed E-state index contributed by atoms with van der Waals surface area (Å²) in [6.45, 7) is 8.05. The lowest BCUT2D eigenvalue weighted by atomic mass is 10.2. The fourth-order valence-electron chi connectivity index (χ4n) is 0.250. The van der Waals surface area contributed by atoms with Crippen molar-refractivity contribution in [1.82, 2.24) is 0 Å². The van der Waals surface area contributed by atoms with E-state index in [2.05, 4.69) is 20.4 Å². The summed E-state index contributed by atoms with van der Waals surface area (Å²) in [6, 6.07) is 0. The summed E-state index contributed by atoms with van der Waals surface area (Å²) >= 11 is 0. The van der Waals surface area contributed by atoms with Crippen LogP contribution in [0.2, 0.25) is 0 Å². The molecule has 0 aliphatic carbocycles. The highest BCUT2D eigenvalue weighted by atomic mass is 13.8. The van der Waals surface area contributed by atoms with Crippen molar-refractivity contribution in [3.05, 3.63) is 12.2 Å². The van der Waals surface area contributed by atoms with Gasteiger partial charge < -0.3 is 0 Å². The molecule has 0 amide bonds. The molecule has 0 aliphatic rings. The molecular formula is C6H12. The molecule has 0 aliphatic heterocycles. The zero-order chi connectivity index (χ0) is 4.99. The molecular weight excluding hydrogens is 72.1 g/mol. The van der Waals surface area contributed by atoms with Crippen LogP contribution in [-0.4, -0.2) is 0 Å². The lowest BCUT2D eigenvalue weighted by Gasteiger charge is -1.89. The molecule has 0 aromatic rings. The van der Waals surface area contributed by atoms with Gasteiger partial charge >= 0.3 is 0 Å². The van der Waals surface area contributed by atoms with E-state index in [1.165, 1.54) is 5.57 Å². The second kappa shape index (κ2) is 2.95. The van der Waals surface area contributed by atoms with Crippen LogP contribution in [0.25, 0.3) is 0 Å². The average Bonchev–Trinajstić information content (AvgIpc) is 1.65. The first-order chi connectivity index (χ1) is 2.81. The van der Waals surface area contributed by atoms with E-state index in [1.807, 2.05) is 0 Å². The minimum absolute atomic E-state index is 1.14. The van der Waals surface area contributed by atoms with Crippen molar-refractivity contribution >= 4 is 0 Å². The highest BCUT2D eigenvalue weighted by Gasteiger charge is 1.78. The maximum absolute atomic E-state index is 3.79. The molecule has 0 saturated heterocycles. The van der Waals surface area contributed by atoms with Crippen molar-refractivity contribution in [2.45, 2.75) is 26.7 Å². The highest BCUT2D eigenvalue weighted by molar-refractivity contribution is 4.89. The molecule has 0 bridgehead atoms. The van der Waals surface area contributed by atoms with Crippen molar-refractivity contribution in [3.8, 4) is 0 Å². The smallest absolute Gasteiger partial charge is 0.0352 e. The molecule has 0 radical (unpaired) electrons. The van der Waals surface area contributed by atoms with E-state index in [0.717, 1.165) is 12.8 Å². The third-order valence-corrected chi connectivity index (χ3v) is 1.000. The molecule has 0 N–H and O–H groups in total. The van der Waals surface area contributed by atoms with Gasteiger partial charge in [0.2, 0.25) is 0 Å². The second-order valence-electron chi connectivity index (χ2n) is 1.46. The number of hydrogen-bond donors (Lipinski definition) is 0. The maximum atomic E-state index is 3.79. The van der Waals surface area contributed by atoms with Crippen LogP contribution in [0.15, 0.2) is 12.2 Å². The van der Waals surface area contributed by atoms with E-state index in [1.54, 1.807) is 0 Å².